The Morgan fingerprint density at radius 2 is 2.29 bits per heavy atom. The van der Waals surface area contributed by atoms with Crippen LogP contribution in [0.15, 0.2) is 12.3 Å². The SMILES string of the molecule is CCC1(CNc2nccc(C)c2C(=O)O)CC1. The Bertz CT molecular complexity index is 439. The molecule has 0 spiro atoms. The van der Waals surface area contributed by atoms with Crippen LogP contribution in [0, 0.1) is 12.3 Å². The topological polar surface area (TPSA) is 62.2 Å². The van der Waals surface area contributed by atoms with Gasteiger partial charge in [-0.2, -0.15) is 0 Å². The summed E-state index contributed by atoms with van der Waals surface area (Å²) in [6.45, 7) is 4.79. The summed E-state index contributed by atoms with van der Waals surface area (Å²) in [5.41, 5.74) is 1.41. The molecule has 1 aromatic rings. The van der Waals surface area contributed by atoms with E-state index in [0.29, 0.717) is 16.8 Å². The Labute approximate surface area is 101 Å². The number of carboxylic acid groups (broad SMARTS) is 1. The molecule has 1 heterocycles. The molecular weight excluding hydrogens is 216 g/mol. The van der Waals surface area contributed by atoms with Crippen molar-refractivity contribution in [3.05, 3.63) is 23.4 Å². The highest BCUT2D eigenvalue weighted by atomic mass is 16.4. The molecule has 17 heavy (non-hydrogen) atoms. The summed E-state index contributed by atoms with van der Waals surface area (Å²) in [6.07, 6.45) is 5.24. The largest absolute Gasteiger partial charge is 0.478 e. The maximum atomic E-state index is 11.2. The second-order valence-electron chi connectivity index (χ2n) is 4.86. The third-order valence-electron chi connectivity index (χ3n) is 3.71. The van der Waals surface area contributed by atoms with Gasteiger partial charge in [0.2, 0.25) is 0 Å². The Morgan fingerprint density at radius 1 is 1.59 bits per heavy atom. The van der Waals surface area contributed by atoms with Crippen LogP contribution in [0.3, 0.4) is 0 Å². The number of aromatic carboxylic acids is 1. The minimum absolute atomic E-state index is 0.291. The monoisotopic (exact) mass is 234 g/mol. The lowest BCUT2D eigenvalue weighted by Gasteiger charge is -2.15. The lowest BCUT2D eigenvalue weighted by molar-refractivity contribution is 0.0696. The molecule has 1 aromatic heterocycles. The van der Waals surface area contributed by atoms with Crippen molar-refractivity contribution in [2.24, 2.45) is 5.41 Å². The first-order valence-electron chi connectivity index (χ1n) is 6.01. The normalized spacial score (nSPS) is 16.6. The van der Waals surface area contributed by atoms with Gasteiger partial charge in [-0.15, -0.1) is 0 Å². The number of carboxylic acids is 1. The molecule has 92 valence electrons. The second-order valence-corrected chi connectivity index (χ2v) is 4.86. The van der Waals surface area contributed by atoms with Gasteiger partial charge in [-0.25, -0.2) is 9.78 Å². The van der Waals surface area contributed by atoms with Gasteiger partial charge in [-0.05, 0) is 43.2 Å². The number of hydrogen-bond acceptors (Lipinski definition) is 3. The summed E-state index contributed by atoms with van der Waals surface area (Å²) < 4.78 is 0. The van der Waals surface area contributed by atoms with Gasteiger partial charge in [0.05, 0.1) is 0 Å². The molecule has 2 N–H and O–H groups in total. The van der Waals surface area contributed by atoms with Crippen LogP contribution >= 0.6 is 0 Å². The van der Waals surface area contributed by atoms with Crippen LogP contribution < -0.4 is 5.32 Å². The number of hydrogen-bond donors (Lipinski definition) is 2. The van der Waals surface area contributed by atoms with Crippen molar-refractivity contribution in [3.63, 3.8) is 0 Å². The Balaban J connectivity index is 2.15. The minimum Gasteiger partial charge on any atom is -0.478 e. The van der Waals surface area contributed by atoms with Gasteiger partial charge in [0.1, 0.15) is 11.4 Å². The summed E-state index contributed by atoms with van der Waals surface area (Å²) >= 11 is 0. The second kappa shape index (κ2) is 4.35. The maximum Gasteiger partial charge on any atom is 0.339 e. The average molecular weight is 234 g/mol. The molecule has 0 atom stereocenters. The molecule has 1 aliphatic rings. The molecule has 0 amide bonds. The zero-order valence-electron chi connectivity index (χ0n) is 10.3. The molecule has 1 fully saturated rings. The highest BCUT2D eigenvalue weighted by Gasteiger charge is 2.40. The van der Waals surface area contributed by atoms with Crippen LogP contribution in [0.4, 0.5) is 5.82 Å². The van der Waals surface area contributed by atoms with Gasteiger partial charge < -0.3 is 10.4 Å². The Kier molecular flexibility index (Phi) is 3.05. The standard InChI is InChI=1S/C13H18N2O2/c1-3-13(5-6-13)8-15-11-10(12(16)17)9(2)4-7-14-11/h4,7H,3,5-6,8H2,1-2H3,(H,14,15)(H,16,17). The predicted octanol–water partition coefficient (Wildman–Crippen LogP) is 2.69. The first kappa shape index (κ1) is 11.9. The smallest absolute Gasteiger partial charge is 0.339 e. The van der Waals surface area contributed by atoms with Gasteiger partial charge in [-0.1, -0.05) is 6.92 Å². The quantitative estimate of drug-likeness (QED) is 0.822. The first-order valence-corrected chi connectivity index (χ1v) is 6.01. The lowest BCUT2D eigenvalue weighted by Crippen LogP contribution is -2.18. The summed E-state index contributed by atoms with van der Waals surface area (Å²) in [4.78, 5) is 15.3. The molecule has 0 saturated heterocycles. The van der Waals surface area contributed by atoms with E-state index >= 15 is 0 Å². The number of rotatable bonds is 5. The highest BCUT2D eigenvalue weighted by molar-refractivity contribution is 5.94. The van der Waals surface area contributed by atoms with Crippen LogP contribution in [-0.4, -0.2) is 22.6 Å². The molecule has 4 nitrogen and oxygen atoms in total. The molecule has 0 aliphatic heterocycles. The van der Waals surface area contributed by atoms with E-state index in [1.807, 2.05) is 0 Å². The number of carbonyl (C=O) groups is 1. The van der Waals surface area contributed by atoms with E-state index in [2.05, 4.69) is 17.2 Å². The van der Waals surface area contributed by atoms with E-state index in [-0.39, 0.29) is 0 Å². The van der Waals surface area contributed by atoms with Crippen molar-refractivity contribution in [2.45, 2.75) is 33.1 Å². The van der Waals surface area contributed by atoms with E-state index in [1.165, 1.54) is 12.8 Å². The maximum absolute atomic E-state index is 11.2. The molecule has 0 unspecified atom stereocenters. The van der Waals surface area contributed by atoms with E-state index in [9.17, 15) is 4.79 Å². The minimum atomic E-state index is -0.917. The lowest BCUT2D eigenvalue weighted by atomic mass is 10.0. The Morgan fingerprint density at radius 3 is 2.82 bits per heavy atom. The molecule has 0 aromatic carbocycles. The molecule has 1 saturated carbocycles. The van der Waals surface area contributed by atoms with E-state index in [0.717, 1.165) is 18.5 Å². The average Bonchev–Trinajstić information content (AvgIpc) is 3.06. The molecular formula is C13H18N2O2. The number of aromatic nitrogens is 1. The van der Waals surface area contributed by atoms with Crippen molar-refractivity contribution >= 4 is 11.8 Å². The van der Waals surface area contributed by atoms with Gasteiger partial charge in [0.15, 0.2) is 0 Å². The molecule has 4 heteroatoms. The fourth-order valence-corrected chi connectivity index (χ4v) is 2.07. The van der Waals surface area contributed by atoms with Crippen LogP contribution in [0.1, 0.15) is 42.1 Å². The number of nitrogens with one attached hydrogen (secondary N) is 1. The van der Waals surface area contributed by atoms with E-state index in [4.69, 9.17) is 5.11 Å². The fourth-order valence-electron chi connectivity index (χ4n) is 2.07. The molecule has 1 aliphatic carbocycles. The van der Waals surface area contributed by atoms with E-state index in [1.54, 1.807) is 19.2 Å². The summed E-state index contributed by atoms with van der Waals surface area (Å²) in [6, 6.07) is 1.72. The number of anilines is 1. The predicted molar refractivity (Wildman–Crippen MR) is 66.4 cm³/mol. The van der Waals surface area contributed by atoms with Crippen LogP contribution in [0.25, 0.3) is 0 Å². The molecule has 0 bridgehead atoms. The molecule has 0 radical (unpaired) electrons. The summed E-state index contributed by atoms with van der Waals surface area (Å²) in [5, 5.41) is 12.4. The highest BCUT2D eigenvalue weighted by Crippen LogP contribution is 2.48. The van der Waals surface area contributed by atoms with Crippen molar-refractivity contribution in [1.29, 1.82) is 0 Å². The number of pyridine rings is 1. The first-order chi connectivity index (χ1) is 8.08. The van der Waals surface area contributed by atoms with Gasteiger partial charge in [-0.3, -0.25) is 0 Å². The third kappa shape index (κ3) is 2.40. The summed E-state index contributed by atoms with van der Waals surface area (Å²) in [5.74, 6) is -0.420. The number of aryl methyl sites for hydroxylation is 1. The van der Waals surface area contributed by atoms with Crippen molar-refractivity contribution in [1.82, 2.24) is 4.98 Å². The zero-order chi connectivity index (χ0) is 12.5. The van der Waals surface area contributed by atoms with Crippen molar-refractivity contribution < 1.29 is 9.90 Å². The van der Waals surface area contributed by atoms with Gasteiger partial charge in [0.25, 0.3) is 0 Å². The van der Waals surface area contributed by atoms with Crippen LogP contribution in [0.2, 0.25) is 0 Å². The fraction of sp³-hybridized carbons (Fsp3) is 0.538. The van der Waals surface area contributed by atoms with Gasteiger partial charge in [0, 0.05) is 12.7 Å². The van der Waals surface area contributed by atoms with Crippen LogP contribution in [0.5, 0.6) is 0 Å². The summed E-state index contributed by atoms with van der Waals surface area (Å²) in [7, 11) is 0. The zero-order valence-corrected chi connectivity index (χ0v) is 10.3. The van der Waals surface area contributed by atoms with Crippen molar-refractivity contribution in [2.75, 3.05) is 11.9 Å². The Hall–Kier alpha value is -1.58. The van der Waals surface area contributed by atoms with E-state index < -0.39 is 5.97 Å². The number of nitrogens with zero attached hydrogens (tertiary/aromatic N) is 1. The van der Waals surface area contributed by atoms with Gasteiger partial charge >= 0.3 is 5.97 Å². The van der Waals surface area contributed by atoms with Crippen molar-refractivity contribution in [3.8, 4) is 0 Å². The molecule has 2 rings (SSSR count). The third-order valence-corrected chi connectivity index (χ3v) is 3.71. The van der Waals surface area contributed by atoms with Crippen LogP contribution in [-0.2, 0) is 0 Å².